The van der Waals surface area contributed by atoms with Crippen molar-refractivity contribution in [2.45, 2.75) is 76.7 Å². The molecule has 4 heterocycles. The molecule has 0 radical (unpaired) electrons. The normalized spacial score (nSPS) is 25.7. The molecule has 2 aromatic rings. The SMILES string of the molecule is O=C(O)c1c2c(n3c1-c1ccc(C4CCCCC4)c4c1[N+](N1CCCC1)(C=CC4)CC3)CCC=C2. The van der Waals surface area contributed by atoms with Gasteiger partial charge in [-0.05, 0) is 62.1 Å². The molecule has 1 unspecified atom stereocenters. The number of aromatic carboxylic acids is 1. The molecule has 1 aromatic carbocycles. The van der Waals surface area contributed by atoms with Crippen LogP contribution in [0.3, 0.4) is 0 Å². The van der Waals surface area contributed by atoms with Crippen molar-refractivity contribution in [1.82, 2.24) is 14.2 Å². The lowest BCUT2D eigenvalue weighted by molar-refractivity contribution is 0.0501. The highest BCUT2D eigenvalue weighted by Crippen LogP contribution is 2.51. The second kappa shape index (κ2) is 8.21. The molecule has 3 aliphatic heterocycles. The second-order valence-corrected chi connectivity index (χ2v) is 11.1. The molecule has 1 aromatic heterocycles. The molecule has 2 aliphatic carbocycles. The van der Waals surface area contributed by atoms with E-state index < -0.39 is 5.97 Å². The Morgan fingerprint density at radius 1 is 1.00 bits per heavy atom. The van der Waals surface area contributed by atoms with Crippen LogP contribution in [0.2, 0.25) is 0 Å². The van der Waals surface area contributed by atoms with Crippen LogP contribution in [0, 0.1) is 0 Å². The summed E-state index contributed by atoms with van der Waals surface area (Å²) in [4.78, 5) is 12.8. The maximum atomic E-state index is 12.8. The number of benzene rings is 1. The van der Waals surface area contributed by atoms with Crippen molar-refractivity contribution in [2.75, 3.05) is 19.6 Å². The largest absolute Gasteiger partial charge is 0.478 e. The van der Waals surface area contributed by atoms with E-state index in [1.165, 1.54) is 67.5 Å². The number of quaternary nitrogens is 1. The van der Waals surface area contributed by atoms with Crippen molar-refractivity contribution in [3.05, 3.63) is 58.4 Å². The fourth-order valence-corrected chi connectivity index (χ4v) is 7.89. The predicted octanol–water partition coefficient (Wildman–Crippen LogP) is 6.26. The average molecular weight is 471 g/mol. The van der Waals surface area contributed by atoms with E-state index in [1.807, 2.05) is 0 Å². The van der Waals surface area contributed by atoms with Gasteiger partial charge >= 0.3 is 5.97 Å². The molecule has 5 aliphatic rings. The Bertz CT molecular complexity index is 1260. The van der Waals surface area contributed by atoms with Crippen LogP contribution in [0.25, 0.3) is 17.3 Å². The van der Waals surface area contributed by atoms with Crippen molar-refractivity contribution in [3.8, 4) is 11.3 Å². The molecule has 0 bridgehead atoms. The van der Waals surface area contributed by atoms with E-state index in [1.54, 1.807) is 0 Å². The topological polar surface area (TPSA) is 45.5 Å². The average Bonchev–Trinajstić information content (AvgIpc) is 3.51. The van der Waals surface area contributed by atoms with Crippen LogP contribution >= 0.6 is 0 Å². The van der Waals surface area contributed by atoms with Crippen LogP contribution in [0.5, 0.6) is 0 Å². The standard InChI is InChI=1S/C30H35N3O2/c34-30(35)27-24-11-4-5-13-26(24)32-18-20-33(31-16-6-7-17-31)19-8-12-23-22(21-9-2-1-3-10-21)14-15-25(28(27)32)29(23)33/h4,8,11,14-15,19,21H,1-3,5-7,9-10,12-13,16-18,20H2/p+1. The first-order chi connectivity index (χ1) is 17.2. The summed E-state index contributed by atoms with van der Waals surface area (Å²) in [6.45, 7) is 4.03. The fraction of sp³-hybridized carbons (Fsp3) is 0.500. The van der Waals surface area contributed by atoms with Crippen molar-refractivity contribution in [3.63, 3.8) is 0 Å². The Kier molecular flexibility index (Phi) is 5.07. The van der Waals surface area contributed by atoms with Gasteiger partial charge in [-0.2, -0.15) is 4.59 Å². The lowest BCUT2D eigenvalue weighted by atomic mass is 9.79. The van der Waals surface area contributed by atoms with E-state index in [0.29, 0.717) is 11.5 Å². The van der Waals surface area contributed by atoms with Crippen molar-refractivity contribution >= 4 is 17.7 Å². The number of carboxylic acid groups (broad SMARTS) is 1. The van der Waals surface area contributed by atoms with E-state index >= 15 is 0 Å². The highest BCUT2D eigenvalue weighted by Gasteiger charge is 2.47. The van der Waals surface area contributed by atoms with E-state index in [-0.39, 0.29) is 0 Å². The van der Waals surface area contributed by atoms with E-state index in [2.05, 4.69) is 46.1 Å². The van der Waals surface area contributed by atoms with Gasteiger partial charge in [0, 0.05) is 36.3 Å². The Morgan fingerprint density at radius 3 is 2.63 bits per heavy atom. The lowest BCUT2D eigenvalue weighted by Gasteiger charge is -2.44. The van der Waals surface area contributed by atoms with Crippen molar-refractivity contribution in [1.29, 1.82) is 0 Å². The van der Waals surface area contributed by atoms with Gasteiger partial charge in [0.2, 0.25) is 0 Å². The molecule has 5 heteroatoms. The van der Waals surface area contributed by atoms with Crippen molar-refractivity contribution < 1.29 is 9.90 Å². The summed E-state index contributed by atoms with van der Waals surface area (Å²) in [5.74, 6) is -0.152. The molecule has 5 nitrogen and oxygen atoms in total. The first-order valence-corrected chi connectivity index (χ1v) is 13.8. The van der Waals surface area contributed by atoms with Gasteiger partial charge < -0.3 is 9.67 Å². The van der Waals surface area contributed by atoms with E-state index in [0.717, 1.165) is 66.9 Å². The number of allylic oxidation sites excluding steroid dienone is 2. The molecule has 1 saturated carbocycles. The van der Waals surface area contributed by atoms with Gasteiger partial charge in [-0.25, -0.2) is 4.79 Å². The number of rotatable bonds is 3. The minimum Gasteiger partial charge on any atom is -0.478 e. The Morgan fingerprint density at radius 2 is 1.83 bits per heavy atom. The van der Waals surface area contributed by atoms with Gasteiger partial charge in [-0.3, -0.25) is 0 Å². The van der Waals surface area contributed by atoms with Crippen LogP contribution in [-0.2, 0) is 19.4 Å². The zero-order chi connectivity index (χ0) is 23.6. The molecule has 0 amide bonds. The maximum absolute atomic E-state index is 12.8. The molecule has 1 N–H and O–H groups in total. The summed E-state index contributed by atoms with van der Waals surface area (Å²) in [5.41, 5.74) is 9.20. The van der Waals surface area contributed by atoms with Crippen LogP contribution in [0.15, 0.2) is 30.5 Å². The monoisotopic (exact) mass is 470 g/mol. The highest BCUT2D eigenvalue weighted by atomic mass is 16.4. The van der Waals surface area contributed by atoms with Gasteiger partial charge in [0.25, 0.3) is 0 Å². The molecule has 1 saturated heterocycles. The van der Waals surface area contributed by atoms with Crippen LogP contribution in [-0.4, -0.2) is 40.3 Å². The van der Waals surface area contributed by atoms with Gasteiger partial charge in [0.15, 0.2) is 5.69 Å². The molecule has 182 valence electrons. The molecule has 2 fully saturated rings. The summed E-state index contributed by atoms with van der Waals surface area (Å²) in [6, 6.07) is 4.69. The number of nitrogens with zero attached hydrogens (tertiary/aromatic N) is 3. The molecule has 1 atom stereocenters. The Hall–Kier alpha value is -2.63. The summed E-state index contributed by atoms with van der Waals surface area (Å²) in [7, 11) is 0. The third-order valence-corrected chi connectivity index (χ3v) is 9.39. The number of carboxylic acids is 1. The number of hydrogen-bond donors (Lipinski definition) is 1. The van der Waals surface area contributed by atoms with E-state index in [9.17, 15) is 9.90 Å². The first kappa shape index (κ1) is 21.6. The quantitative estimate of drug-likeness (QED) is 0.539. The smallest absolute Gasteiger partial charge is 0.338 e. The second-order valence-electron chi connectivity index (χ2n) is 11.1. The first-order valence-electron chi connectivity index (χ1n) is 13.8. The number of carbonyl (C=O) groups is 1. The third-order valence-electron chi connectivity index (χ3n) is 9.39. The van der Waals surface area contributed by atoms with Gasteiger partial charge in [0.05, 0.1) is 23.4 Å². The number of aromatic nitrogens is 1. The molecule has 7 rings (SSSR count). The Balaban J connectivity index is 1.53. The maximum Gasteiger partial charge on any atom is 0.338 e. The van der Waals surface area contributed by atoms with Crippen LogP contribution in [0.4, 0.5) is 5.69 Å². The summed E-state index contributed by atoms with van der Waals surface area (Å²) >= 11 is 0. The fourth-order valence-electron chi connectivity index (χ4n) is 7.89. The summed E-state index contributed by atoms with van der Waals surface area (Å²) in [6.07, 6.45) is 21.0. The van der Waals surface area contributed by atoms with Gasteiger partial charge in [-0.1, -0.05) is 37.5 Å². The lowest BCUT2D eigenvalue weighted by Crippen LogP contribution is -2.59. The zero-order valence-electron chi connectivity index (χ0n) is 20.6. The van der Waals surface area contributed by atoms with Gasteiger partial charge in [-0.15, -0.1) is 5.01 Å². The molecular formula is C30H36N3O2+. The number of hydrogen-bond acceptors (Lipinski definition) is 2. The third kappa shape index (κ3) is 3.10. The Labute approximate surface area is 207 Å². The minimum atomic E-state index is -0.792. The summed E-state index contributed by atoms with van der Waals surface area (Å²) in [5, 5.41) is 13.1. The molecule has 0 spiro atoms. The molecular weight excluding hydrogens is 434 g/mol. The van der Waals surface area contributed by atoms with E-state index in [4.69, 9.17) is 0 Å². The van der Waals surface area contributed by atoms with Crippen LogP contribution < -0.4 is 4.59 Å². The summed E-state index contributed by atoms with van der Waals surface area (Å²) < 4.78 is 3.16. The van der Waals surface area contributed by atoms with Gasteiger partial charge in [0.1, 0.15) is 12.7 Å². The number of fused-ring (bicyclic) bond motifs is 4. The predicted molar refractivity (Wildman–Crippen MR) is 140 cm³/mol. The zero-order valence-corrected chi connectivity index (χ0v) is 20.6. The van der Waals surface area contributed by atoms with Crippen LogP contribution in [0.1, 0.15) is 90.0 Å². The molecule has 35 heavy (non-hydrogen) atoms. The minimum absolute atomic E-state index is 0.513. The van der Waals surface area contributed by atoms with Crippen molar-refractivity contribution in [2.24, 2.45) is 0 Å². The highest BCUT2D eigenvalue weighted by molar-refractivity contribution is 6.02.